The fourth-order valence-corrected chi connectivity index (χ4v) is 1.30. The highest BCUT2D eigenvalue weighted by atomic mass is 36.0. The molecule has 0 bridgehead atoms. The molecule has 0 amide bonds. The Labute approximate surface area is 73.2 Å². The molecule has 1 nitrogen and oxygen atoms in total. The zero-order valence-electron chi connectivity index (χ0n) is 4.90. The van der Waals surface area contributed by atoms with Crippen molar-refractivity contribution in [3.05, 3.63) is 0 Å². The number of halogens is 2. The van der Waals surface area contributed by atoms with E-state index in [0.717, 1.165) is 0 Å². The Morgan fingerprint density at radius 2 is 1.67 bits per heavy atom. The Hall–Kier alpha value is 1.24. The first-order chi connectivity index (χ1) is 4.41. The monoisotopic (exact) mass is 205 g/mol. The van der Waals surface area contributed by atoms with Crippen LogP contribution in [0.1, 0.15) is 0 Å². The summed E-state index contributed by atoms with van der Waals surface area (Å²) in [5.74, 6) is 2.61. The molecule has 1 aliphatic heterocycles. The van der Waals surface area contributed by atoms with Crippen molar-refractivity contribution in [1.82, 2.24) is 5.32 Å². The Morgan fingerprint density at radius 3 is 1.78 bits per heavy atom. The molecule has 0 saturated carbocycles. The maximum absolute atomic E-state index is 4.68. The summed E-state index contributed by atoms with van der Waals surface area (Å²) in [6.07, 6.45) is 0. The van der Waals surface area contributed by atoms with E-state index in [0.29, 0.717) is 10.2 Å². The van der Waals surface area contributed by atoms with Gasteiger partial charge in [-0.2, -0.15) is 11.8 Å². The fourth-order valence-electron chi connectivity index (χ4n) is 0.516. The van der Waals surface area contributed by atoms with Crippen LogP contribution in [0.5, 0.6) is 0 Å². The predicted molar refractivity (Wildman–Crippen MR) is 49.5 cm³/mol. The van der Waals surface area contributed by atoms with Gasteiger partial charge in [0, 0.05) is 24.6 Å². The minimum Gasteiger partial charge on any atom is -0.315 e. The van der Waals surface area contributed by atoms with Crippen LogP contribution in [0.15, 0.2) is 0 Å². The van der Waals surface area contributed by atoms with Gasteiger partial charge in [-0.05, 0) is 21.4 Å². The number of thioether (sulfide) groups is 1. The van der Waals surface area contributed by atoms with Gasteiger partial charge < -0.3 is 5.32 Å². The standard InChI is InChI=1S/C4H9NS.Cl2S/c1-3-6-4-2-5-1;1-3-2/h5H,1-4H2;. The van der Waals surface area contributed by atoms with Crippen molar-refractivity contribution in [1.29, 1.82) is 0 Å². The fraction of sp³-hybridized carbons (Fsp3) is 1.00. The highest BCUT2D eigenvalue weighted by Crippen LogP contribution is 2.08. The smallest absolute Gasteiger partial charge is 0.0523 e. The van der Waals surface area contributed by atoms with Crippen LogP contribution in [0.4, 0.5) is 0 Å². The van der Waals surface area contributed by atoms with E-state index in [4.69, 9.17) is 0 Å². The van der Waals surface area contributed by atoms with Crippen molar-refractivity contribution >= 4 is 43.3 Å². The average molecular weight is 206 g/mol. The van der Waals surface area contributed by atoms with E-state index in [9.17, 15) is 0 Å². The van der Waals surface area contributed by atoms with E-state index in [2.05, 4.69) is 26.7 Å². The molecule has 1 heterocycles. The molecule has 0 aromatic rings. The van der Waals surface area contributed by atoms with Gasteiger partial charge in [0.15, 0.2) is 0 Å². The number of rotatable bonds is 0. The zero-order chi connectivity index (χ0) is 6.95. The zero-order valence-corrected chi connectivity index (χ0v) is 8.05. The van der Waals surface area contributed by atoms with Crippen molar-refractivity contribution in [2.45, 2.75) is 0 Å². The molecule has 0 spiro atoms. The van der Waals surface area contributed by atoms with Crippen LogP contribution in [0, 0.1) is 0 Å². The van der Waals surface area contributed by atoms with Gasteiger partial charge in [0.1, 0.15) is 0 Å². The largest absolute Gasteiger partial charge is 0.315 e. The lowest BCUT2D eigenvalue weighted by Gasteiger charge is -2.08. The Kier molecular flexibility index (Phi) is 10.5. The first kappa shape index (κ1) is 10.2. The normalized spacial score (nSPS) is 18.0. The van der Waals surface area contributed by atoms with Gasteiger partial charge >= 0.3 is 0 Å². The molecule has 0 atom stereocenters. The first-order valence-corrected chi connectivity index (χ1v) is 6.22. The maximum atomic E-state index is 4.68. The van der Waals surface area contributed by atoms with Crippen LogP contribution in [-0.2, 0) is 0 Å². The Morgan fingerprint density at radius 1 is 1.22 bits per heavy atom. The summed E-state index contributed by atoms with van der Waals surface area (Å²) in [7, 11) is 10.1. The first-order valence-electron chi connectivity index (χ1n) is 2.59. The molecular formula is C4H9Cl2NS2. The van der Waals surface area contributed by atoms with Gasteiger partial charge in [-0.3, -0.25) is 0 Å². The molecule has 0 unspecified atom stereocenters. The molecular weight excluding hydrogens is 197 g/mol. The molecule has 0 radical (unpaired) electrons. The van der Waals surface area contributed by atoms with Crippen LogP contribution in [0.3, 0.4) is 0 Å². The average Bonchev–Trinajstić information content (AvgIpc) is 1.93. The summed E-state index contributed by atoms with van der Waals surface area (Å²) in [6, 6.07) is 0. The van der Waals surface area contributed by atoms with Crippen LogP contribution in [0.2, 0.25) is 0 Å². The third kappa shape index (κ3) is 9.24. The lowest BCUT2D eigenvalue weighted by molar-refractivity contribution is 0.756. The van der Waals surface area contributed by atoms with Crippen molar-refractivity contribution in [2.75, 3.05) is 24.6 Å². The quantitative estimate of drug-likeness (QED) is 0.653. The molecule has 0 aromatic heterocycles. The van der Waals surface area contributed by atoms with Gasteiger partial charge in [-0.15, -0.1) is 0 Å². The van der Waals surface area contributed by atoms with E-state index in [-0.39, 0.29) is 0 Å². The molecule has 1 rings (SSSR count). The van der Waals surface area contributed by atoms with Crippen molar-refractivity contribution in [3.63, 3.8) is 0 Å². The van der Waals surface area contributed by atoms with E-state index in [1.165, 1.54) is 24.6 Å². The second-order valence-corrected chi connectivity index (χ2v) is 4.16. The second-order valence-electron chi connectivity index (χ2n) is 1.42. The lowest BCUT2D eigenvalue weighted by Crippen LogP contribution is -2.24. The van der Waals surface area contributed by atoms with Crippen LogP contribution >= 0.6 is 43.3 Å². The highest BCUT2D eigenvalue weighted by molar-refractivity contribution is 8.38. The Bertz CT molecular complexity index is 40.3. The summed E-state index contributed by atoms with van der Waals surface area (Å²) in [6.45, 7) is 2.43. The van der Waals surface area contributed by atoms with E-state index in [1.807, 2.05) is 11.8 Å². The molecule has 5 heteroatoms. The van der Waals surface area contributed by atoms with Crippen molar-refractivity contribution in [3.8, 4) is 0 Å². The van der Waals surface area contributed by atoms with Gasteiger partial charge in [-0.1, -0.05) is 0 Å². The number of nitrogens with one attached hydrogen (secondary N) is 1. The van der Waals surface area contributed by atoms with Crippen LogP contribution in [-0.4, -0.2) is 24.6 Å². The third-order valence-electron chi connectivity index (χ3n) is 0.846. The summed E-state index contributed by atoms with van der Waals surface area (Å²) in [4.78, 5) is 0. The third-order valence-corrected chi connectivity index (χ3v) is 1.83. The number of hydrogen-bond donors (Lipinski definition) is 1. The van der Waals surface area contributed by atoms with E-state index in [1.54, 1.807) is 0 Å². The summed E-state index contributed by atoms with van der Waals surface area (Å²) >= 11 is 2.03. The Balaban J connectivity index is 0.000000187. The highest BCUT2D eigenvalue weighted by Gasteiger charge is 1.93. The molecule has 9 heavy (non-hydrogen) atoms. The molecule has 0 aliphatic carbocycles. The van der Waals surface area contributed by atoms with Crippen molar-refractivity contribution in [2.24, 2.45) is 0 Å². The molecule has 1 N–H and O–H groups in total. The van der Waals surface area contributed by atoms with E-state index >= 15 is 0 Å². The van der Waals surface area contributed by atoms with Crippen molar-refractivity contribution < 1.29 is 0 Å². The number of hydrogen-bond acceptors (Lipinski definition) is 3. The van der Waals surface area contributed by atoms with Crippen LogP contribution < -0.4 is 5.32 Å². The van der Waals surface area contributed by atoms with E-state index < -0.39 is 0 Å². The molecule has 1 fully saturated rings. The lowest BCUT2D eigenvalue weighted by atomic mass is 10.6. The SMILES string of the molecule is C1CSCCN1.ClSCl. The molecule has 1 saturated heterocycles. The second kappa shape index (κ2) is 9.24. The molecule has 1 aliphatic rings. The maximum Gasteiger partial charge on any atom is 0.0523 e. The van der Waals surface area contributed by atoms with Gasteiger partial charge in [0.05, 0.1) is 10.2 Å². The van der Waals surface area contributed by atoms with Crippen LogP contribution in [0.25, 0.3) is 0 Å². The predicted octanol–water partition coefficient (Wildman–Crippen LogP) is 2.35. The summed E-state index contributed by atoms with van der Waals surface area (Å²) < 4.78 is 0. The molecule has 0 aromatic carbocycles. The summed E-state index contributed by atoms with van der Waals surface area (Å²) in [5, 5.41) is 3.26. The molecule has 56 valence electrons. The minimum absolute atomic E-state index is 0.694. The van der Waals surface area contributed by atoms with Gasteiger partial charge in [0.2, 0.25) is 0 Å². The van der Waals surface area contributed by atoms with Gasteiger partial charge in [-0.25, -0.2) is 0 Å². The summed E-state index contributed by atoms with van der Waals surface area (Å²) in [5.41, 5.74) is 0. The minimum atomic E-state index is 0.694. The topological polar surface area (TPSA) is 12.0 Å². The van der Waals surface area contributed by atoms with Gasteiger partial charge in [0.25, 0.3) is 0 Å².